The summed E-state index contributed by atoms with van der Waals surface area (Å²) in [7, 11) is -4.56. The zero-order chi connectivity index (χ0) is 21.9. The van der Waals surface area contributed by atoms with Gasteiger partial charge in [0.05, 0.1) is 0 Å². The molecule has 1 aromatic carbocycles. The highest BCUT2D eigenvalue weighted by Gasteiger charge is 2.34. The predicted octanol–water partition coefficient (Wildman–Crippen LogP) is 5.98. The molecule has 5 nitrogen and oxygen atoms in total. The number of rotatable bonds is 11. The standard InChI is InChI=1S/C23H34NO4P/c1-18(2)10-8-11-19(3)12-9-13-20(4)16-17-22(29(26,27)28)23(25)24-21-14-6-5-7-15-21/h5-7,10,12,14-16,22H,8-9,11,13,17H2,1-4H3,(H,24,25)(H2,26,27,28). The normalized spacial score (nSPS) is 13.7. The van der Waals surface area contributed by atoms with Gasteiger partial charge in [-0.05, 0) is 71.9 Å². The lowest BCUT2D eigenvalue weighted by Gasteiger charge is -2.17. The van der Waals surface area contributed by atoms with Crippen LogP contribution in [0, 0.1) is 0 Å². The van der Waals surface area contributed by atoms with Crippen molar-refractivity contribution in [3.63, 3.8) is 0 Å². The molecular formula is C23H34NO4P. The molecule has 0 fully saturated rings. The minimum absolute atomic E-state index is 0.0120. The average molecular weight is 420 g/mol. The molecule has 0 saturated carbocycles. The summed E-state index contributed by atoms with van der Waals surface area (Å²) in [6, 6.07) is 8.67. The Balaban J connectivity index is 2.61. The Morgan fingerprint density at radius 2 is 1.52 bits per heavy atom. The number of allylic oxidation sites excluding steroid dienone is 6. The predicted molar refractivity (Wildman–Crippen MR) is 121 cm³/mol. The van der Waals surface area contributed by atoms with Crippen LogP contribution in [-0.2, 0) is 9.36 Å². The first-order valence-electron chi connectivity index (χ1n) is 9.95. The van der Waals surface area contributed by atoms with E-state index in [1.165, 1.54) is 11.1 Å². The molecule has 0 aliphatic carbocycles. The van der Waals surface area contributed by atoms with Gasteiger partial charge in [-0.15, -0.1) is 0 Å². The van der Waals surface area contributed by atoms with E-state index in [0.717, 1.165) is 31.3 Å². The molecule has 6 heteroatoms. The Kier molecular flexibility index (Phi) is 10.9. The molecule has 0 aromatic heterocycles. The van der Waals surface area contributed by atoms with Crippen LogP contribution in [0.2, 0.25) is 0 Å². The third-order valence-corrected chi connectivity index (χ3v) is 5.82. The second-order valence-electron chi connectivity index (χ2n) is 7.66. The maximum Gasteiger partial charge on any atom is 0.338 e. The van der Waals surface area contributed by atoms with E-state index in [1.807, 2.05) is 6.92 Å². The van der Waals surface area contributed by atoms with E-state index in [9.17, 15) is 19.1 Å². The molecular weight excluding hydrogens is 385 g/mol. The summed E-state index contributed by atoms with van der Waals surface area (Å²) in [5.41, 5.74) is 2.81. The molecule has 160 valence electrons. The van der Waals surface area contributed by atoms with Gasteiger partial charge in [0.1, 0.15) is 5.66 Å². The molecule has 1 rings (SSSR count). The lowest BCUT2D eigenvalue weighted by atomic mass is 10.1. The van der Waals surface area contributed by atoms with Gasteiger partial charge >= 0.3 is 7.60 Å². The van der Waals surface area contributed by atoms with Gasteiger partial charge in [-0.25, -0.2) is 0 Å². The number of amides is 1. The molecule has 1 unspecified atom stereocenters. The van der Waals surface area contributed by atoms with Gasteiger partial charge in [0.25, 0.3) is 0 Å². The third-order valence-electron chi connectivity index (χ3n) is 4.56. The Morgan fingerprint density at radius 1 is 0.966 bits per heavy atom. The topological polar surface area (TPSA) is 86.6 Å². The van der Waals surface area contributed by atoms with E-state index in [1.54, 1.807) is 36.4 Å². The zero-order valence-electron chi connectivity index (χ0n) is 17.9. The fourth-order valence-electron chi connectivity index (χ4n) is 2.80. The van der Waals surface area contributed by atoms with Crippen LogP contribution in [0.25, 0.3) is 0 Å². The van der Waals surface area contributed by atoms with Crippen LogP contribution in [0.4, 0.5) is 5.69 Å². The highest BCUT2D eigenvalue weighted by molar-refractivity contribution is 7.53. The summed E-state index contributed by atoms with van der Waals surface area (Å²) in [5.74, 6) is -0.663. The second-order valence-corrected chi connectivity index (χ2v) is 9.46. The van der Waals surface area contributed by atoms with Crippen LogP contribution in [0.15, 0.2) is 65.3 Å². The average Bonchev–Trinajstić information content (AvgIpc) is 2.61. The largest absolute Gasteiger partial charge is 0.338 e. The Hall–Kier alpha value is -1.94. The summed E-state index contributed by atoms with van der Waals surface area (Å²) in [5, 5.41) is 2.58. The lowest BCUT2D eigenvalue weighted by Crippen LogP contribution is -2.27. The molecule has 29 heavy (non-hydrogen) atoms. The molecule has 0 aliphatic rings. The molecule has 0 spiro atoms. The Labute approximate surface area is 174 Å². The molecule has 0 bridgehead atoms. The van der Waals surface area contributed by atoms with Crippen molar-refractivity contribution in [2.24, 2.45) is 0 Å². The quantitative estimate of drug-likeness (QED) is 0.304. The molecule has 1 amide bonds. The molecule has 0 aliphatic heterocycles. The molecule has 0 heterocycles. The Morgan fingerprint density at radius 3 is 2.07 bits per heavy atom. The number of benzene rings is 1. The fraction of sp³-hybridized carbons (Fsp3) is 0.435. The van der Waals surface area contributed by atoms with E-state index < -0.39 is 19.2 Å². The van der Waals surface area contributed by atoms with Gasteiger partial charge in [0.2, 0.25) is 5.91 Å². The maximum atomic E-state index is 12.4. The SMILES string of the molecule is CC(C)=CCCC(C)=CCCC(C)=CCC(C(=O)Nc1ccccc1)P(=O)(O)O. The van der Waals surface area contributed by atoms with Crippen molar-refractivity contribution in [2.75, 3.05) is 5.32 Å². The smallest absolute Gasteiger partial charge is 0.325 e. The molecule has 1 aromatic rings. The summed E-state index contributed by atoms with van der Waals surface area (Å²) in [6.45, 7) is 8.24. The van der Waals surface area contributed by atoms with Gasteiger partial charge in [-0.2, -0.15) is 0 Å². The highest BCUT2D eigenvalue weighted by atomic mass is 31.2. The van der Waals surface area contributed by atoms with Crippen molar-refractivity contribution < 1.29 is 19.1 Å². The number of para-hydroxylation sites is 1. The molecule has 1 atom stereocenters. The number of carbonyl (C=O) groups excluding carboxylic acids is 1. The monoisotopic (exact) mass is 419 g/mol. The van der Waals surface area contributed by atoms with Gasteiger partial charge in [0, 0.05) is 5.69 Å². The maximum absolute atomic E-state index is 12.4. The van der Waals surface area contributed by atoms with Crippen molar-refractivity contribution >= 4 is 19.2 Å². The van der Waals surface area contributed by atoms with E-state index >= 15 is 0 Å². The van der Waals surface area contributed by atoms with Gasteiger partial charge in [-0.3, -0.25) is 9.36 Å². The van der Waals surface area contributed by atoms with Crippen LogP contribution in [-0.4, -0.2) is 21.4 Å². The lowest BCUT2D eigenvalue weighted by molar-refractivity contribution is -0.116. The van der Waals surface area contributed by atoms with Gasteiger partial charge in [-0.1, -0.05) is 53.1 Å². The van der Waals surface area contributed by atoms with E-state index in [4.69, 9.17) is 0 Å². The van der Waals surface area contributed by atoms with Gasteiger partial charge in [0.15, 0.2) is 0 Å². The molecule has 0 saturated heterocycles. The zero-order valence-corrected chi connectivity index (χ0v) is 18.8. The summed E-state index contributed by atoms with van der Waals surface area (Å²) in [4.78, 5) is 31.6. The number of hydrogen-bond donors (Lipinski definition) is 3. The first kappa shape index (κ1) is 25.1. The van der Waals surface area contributed by atoms with Crippen molar-refractivity contribution in [3.05, 3.63) is 65.3 Å². The van der Waals surface area contributed by atoms with Crippen molar-refractivity contribution in [3.8, 4) is 0 Å². The second kappa shape index (κ2) is 12.6. The molecule has 3 N–H and O–H groups in total. The minimum Gasteiger partial charge on any atom is -0.325 e. The van der Waals surface area contributed by atoms with Crippen LogP contribution in [0.1, 0.15) is 59.8 Å². The first-order valence-corrected chi connectivity index (χ1v) is 11.6. The van der Waals surface area contributed by atoms with Crippen molar-refractivity contribution in [1.29, 1.82) is 0 Å². The van der Waals surface area contributed by atoms with Gasteiger partial charge < -0.3 is 15.1 Å². The number of carbonyl (C=O) groups is 1. The summed E-state index contributed by atoms with van der Waals surface area (Å²) >= 11 is 0. The van der Waals surface area contributed by atoms with E-state index in [-0.39, 0.29) is 6.42 Å². The number of hydrogen-bond acceptors (Lipinski definition) is 2. The minimum atomic E-state index is -4.56. The highest BCUT2D eigenvalue weighted by Crippen LogP contribution is 2.43. The number of nitrogens with one attached hydrogen (secondary N) is 1. The first-order chi connectivity index (χ1) is 13.6. The van der Waals surface area contributed by atoms with Crippen LogP contribution in [0.5, 0.6) is 0 Å². The van der Waals surface area contributed by atoms with Crippen molar-refractivity contribution in [2.45, 2.75) is 65.5 Å². The molecule has 0 radical (unpaired) electrons. The van der Waals surface area contributed by atoms with Crippen LogP contribution >= 0.6 is 7.60 Å². The van der Waals surface area contributed by atoms with Crippen molar-refractivity contribution in [1.82, 2.24) is 0 Å². The van der Waals surface area contributed by atoms with E-state index in [2.05, 4.69) is 38.2 Å². The fourth-order valence-corrected chi connectivity index (χ4v) is 3.55. The number of anilines is 1. The van der Waals surface area contributed by atoms with Crippen LogP contribution < -0.4 is 5.32 Å². The summed E-state index contributed by atoms with van der Waals surface area (Å²) < 4.78 is 11.8. The Bertz CT molecular complexity index is 786. The van der Waals surface area contributed by atoms with E-state index in [0.29, 0.717) is 5.69 Å². The van der Waals surface area contributed by atoms with Crippen LogP contribution in [0.3, 0.4) is 0 Å². The third kappa shape index (κ3) is 11.0. The summed E-state index contributed by atoms with van der Waals surface area (Å²) in [6.07, 6.45) is 9.96.